The highest BCUT2D eigenvalue weighted by Crippen LogP contribution is 2.39. The number of aliphatic hydroxyl groups excluding tert-OH is 1. The van der Waals surface area contributed by atoms with E-state index in [-0.39, 0.29) is 0 Å². The minimum Gasteiger partial charge on any atom is -0.375 e. The summed E-state index contributed by atoms with van der Waals surface area (Å²) in [7, 11) is 0. The summed E-state index contributed by atoms with van der Waals surface area (Å²) in [5, 5.41) is 18.8. The van der Waals surface area contributed by atoms with Crippen LogP contribution in [0.15, 0.2) is 30.3 Å². The fourth-order valence-electron chi connectivity index (χ4n) is 2.79. The van der Waals surface area contributed by atoms with E-state index in [2.05, 4.69) is 0 Å². The van der Waals surface area contributed by atoms with E-state index >= 15 is 0 Å². The van der Waals surface area contributed by atoms with Crippen LogP contribution in [-0.2, 0) is 25.6 Å². The van der Waals surface area contributed by atoms with Gasteiger partial charge < -0.3 is 24.1 Å². The Labute approximate surface area is 129 Å². The predicted octanol–water partition coefficient (Wildman–Crippen LogP) is 1.33. The number of rotatable bonds is 4. The van der Waals surface area contributed by atoms with Crippen molar-refractivity contribution in [2.45, 2.75) is 56.9 Å². The van der Waals surface area contributed by atoms with Gasteiger partial charge in [-0.3, -0.25) is 0 Å². The number of benzene rings is 1. The Morgan fingerprint density at radius 3 is 2.73 bits per heavy atom. The Morgan fingerprint density at radius 1 is 1.32 bits per heavy atom. The molecule has 22 heavy (non-hydrogen) atoms. The van der Waals surface area contributed by atoms with Crippen LogP contribution in [0.4, 0.5) is 0 Å². The molecule has 2 aliphatic rings. The first-order valence-electron chi connectivity index (χ1n) is 7.24. The molecule has 2 aliphatic heterocycles. The molecule has 1 N–H and O–H groups in total. The second kappa shape index (κ2) is 5.95. The van der Waals surface area contributed by atoms with Gasteiger partial charge in [0.05, 0.1) is 12.7 Å². The SMILES string of the molecule is CC1(C)OC2[C@@H](O[C@@H]([C@@H](O)C#N)[C@@H]2OCc2ccccc2)O1. The van der Waals surface area contributed by atoms with E-state index in [9.17, 15) is 5.11 Å². The highest BCUT2D eigenvalue weighted by atomic mass is 16.8. The van der Waals surface area contributed by atoms with Gasteiger partial charge in [-0.05, 0) is 19.4 Å². The lowest BCUT2D eigenvalue weighted by molar-refractivity contribution is -0.227. The number of hydrogen-bond acceptors (Lipinski definition) is 6. The maximum absolute atomic E-state index is 9.83. The molecule has 0 aromatic heterocycles. The van der Waals surface area contributed by atoms with Crippen molar-refractivity contribution in [3.05, 3.63) is 35.9 Å². The third-order valence-corrected chi connectivity index (χ3v) is 3.76. The van der Waals surface area contributed by atoms with Crippen LogP contribution in [0.2, 0.25) is 0 Å². The third kappa shape index (κ3) is 3.00. The second-order valence-electron chi connectivity index (χ2n) is 5.90. The number of nitrogens with zero attached hydrogens (tertiary/aromatic N) is 1. The zero-order valence-corrected chi connectivity index (χ0v) is 12.5. The first-order valence-corrected chi connectivity index (χ1v) is 7.24. The summed E-state index contributed by atoms with van der Waals surface area (Å²) in [4.78, 5) is 0. The van der Waals surface area contributed by atoms with Crippen LogP contribution in [-0.4, -0.2) is 41.6 Å². The third-order valence-electron chi connectivity index (χ3n) is 3.76. The molecule has 5 atom stereocenters. The van der Waals surface area contributed by atoms with E-state index in [1.54, 1.807) is 19.9 Å². The summed E-state index contributed by atoms with van der Waals surface area (Å²) in [6.07, 6.45) is -3.75. The minimum absolute atomic E-state index is 0.344. The molecule has 0 radical (unpaired) electrons. The number of nitriles is 1. The van der Waals surface area contributed by atoms with Crippen LogP contribution < -0.4 is 0 Å². The van der Waals surface area contributed by atoms with Crippen LogP contribution in [0.1, 0.15) is 19.4 Å². The molecule has 118 valence electrons. The lowest BCUT2D eigenvalue weighted by atomic mass is 10.1. The fourth-order valence-corrected chi connectivity index (χ4v) is 2.79. The van der Waals surface area contributed by atoms with Crippen molar-refractivity contribution in [2.75, 3.05) is 0 Å². The molecule has 1 aromatic carbocycles. The first kappa shape index (κ1) is 15.4. The van der Waals surface area contributed by atoms with E-state index in [1.165, 1.54) is 0 Å². The molecule has 0 saturated carbocycles. The second-order valence-corrected chi connectivity index (χ2v) is 5.90. The lowest BCUT2D eigenvalue weighted by Gasteiger charge is -2.26. The monoisotopic (exact) mass is 305 g/mol. The summed E-state index contributed by atoms with van der Waals surface area (Å²) >= 11 is 0. The largest absolute Gasteiger partial charge is 0.375 e. The van der Waals surface area contributed by atoms with Crippen LogP contribution in [0.3, 0.4) is 0 Å². The summed E-state index contributed by atoms with van der Waals surface area (Å²) in [6, 6.07) is 11.4. The molecule has 2 heterocycles. The summed E-state index contributed by atoms with van der Waals surface area (Å²) in [5.74, 6) is -0.772. The van der Waals surface area contributed by atoms with Gasteiger partial charge in [-0.25, -0.2) is 0 Å². The molecule has 2 fully saturated rings. The van der Waals surface area contributed by atoms with Crippen molar-refractivity contribution in [3.8, 4) is 6.07 Å². The maximum atomic E-state index is 9.83. The standard InChI is InChI=1S/C16H19NO5/c1-16(2)21-14-13(19-9-10-6-4-3-5-7-10)12(11(18)8-17)20-15(14)22-16/h3-7,11-15,18H,9H2,1-2H3/t11-,12-,13-,14?,15-/m0/s1. The van der Waals surface area contributed by atoms with E-state index < -0.39 is 36.5 Å². The summed E-state index contributed by atoms with van der Waals surface area (Å²) < 4.78 is 23.0. The topological polar surface area (TPSA) is 80.9 Å². The smallest absolute Gasteiger partial charge is 0.190 e. The molecule has 6 heteroatoms. The van der Waals surface area contributed by atoms with Gasteiger partial charge in [-0.15, -0.1) is 0 Å². The van der Waals surface area contributed by atoms with Crippen molar-refractivity contribution in [2.24, 2.45) is 0 Å². The number of fused-ring (bicyclic) bond motifs is 1. The molecule has 2 saturated heterocycles. The minimum atomic E-state index is -1.29. The Balaban J connectivity index is 1.73. The highest BCUT2D eigenvalue weighted by Gasteiger charge is 2.57. The van der Waals surface area contributed by atoms with Gasteiger partial charge >= 0.3 is 0 Å². The van der Waals surface area contributed by atoms with Gasteiger partial charge in [-0.2, -0.15) is 5.26 Å². The van der Waals surface area contributed by atoms with E-state index in [0.29, 0.717) is 6.61 Å². The maximum Gasteiger partial charge on any atom is 0.190 e. The number of aliphatic hydroxyl groups is 1. The van der Waals surface area contributed by atoms with Crippen LogP contribution in [0, 0.1) is 11.3 Å². The average molecular weight is 305 g/mol. The van der Waals surface area contributed by atoms with Crippen molar-refractivity contribution >= 4 is 0 Å². The zero-order chi connectivity index (χ0) is 15.7. The van der Waals surface area contributed by atoms with Gasteiger partial charge in [0, 0.05) is 0 Å². The Kier molecular flexibility index (Phi) is 4.17. The molecule has 3 rings (SSSR count). The fraction of sp³-hybridized carbons (Fsp3) is 0.562. The van der Waals surface area contributed by atoms with Gasteiger partial charge in [0.2, 0.25) is 0 Å². The summed E-state index contributed by atoms with van der Waals surface area (Å²) in [6.45, 7) is 3.92. The van der Waals surface area contributed by atoms with Gasteiger partial charge in [-0.1, -0.05) is 30.3 Å². The zero-order valence-electron chi connectivity index (χ0n) is 12.5. The molecule has 1 aromatic rings. The van der Waals surface area contributed by atoms with Crippen LogP contribution >= 0.6 is 0 Å². The predicted molar refractivity (Wildman–Crippen MR) is 75.3 cm³/mol. The van der Waals surface area contributed by atoms with Crippen molar-refractivity contribution < 1.29 is 24.1 Å². The Morgan fingerprint density at radius 2 is 2.05 bits per heavy atom. The van der Waals surface area contributed by atoms with Crippen molar-refractivity contribution in [1.29, 1.82) is 5.26 Å². The molecule has 0 spiro atoms. The van der Waals surface area contributed by atoms with Gasteiger partial charge in [0.25, 0.3) is 0 Å². The molecule has 0 amide bonds. The van der Waals surface area contributed by atoms with E-state index in [0.717, 1.165) is 5.56 Å². The van der Waals surface area contributed by atoms with Crippen molar-refractivity contribution in [3.63, 3.8) is 0 Å². The van der Waals surface area contributed by atoms with E-state index in [4.69, 9.17) is 24.2 Å². The molecular weight excluding hydrogens is 286 g/mol. The van der Waals surface area contributed by atoms with Gasteiger partial charge in [0.15, 0.2) is 18.2 Å². The lowest BCUT2D eigenvalue weighted by Crippen LogP contribution is -2.42. The number of hydrogen-bond donors (Lipinski definition) is 1. The Bertz CT molecular complexity index is 555. The van der Waals surface area contributed by atoms with Crippen LogP contribution in [0.25, 0.3) is 0 Å². The molecule has 0 aliphatic carbocycles. The first-order chi connectivity index (χ1) is 10.5. The highest BCUT2D eigenvalue weighted by molar-refractivity contribution is 5.14. The molecule has 0 bridgehead atoms. The molecule has 6 nitrogen and oxygen atoms in total. The molecular formula is C16H19NO5. The van der Waals surface area contributed by atoms with Crippen LogP contribution in [0.5, 0.6) is 0 Å². The Hall–Kier alpha value is -1.49. The number of ether oxygens (including phenoxy) is 4. The van der Waals surface area contributed by atoms with Crippen molar-refractivity contribution in [1.82, 2.24) is 0 Å². The van der Waals surface area contributed by atoms with E-state index in [1.807, 2.05) is 30.3 Å². The molecule has 1 unspecified atom stereocenters. The average Bonchev–Trinajstić information content (AvgIpc) is 2.97. The summed E-state index contributed by atoms with van der Waals surface area (Å²) in [5.41, 5.74) is 0.995. The normalized spacial score (nSPS) is 34.1. The quantitative estimate of drug-likeness (QED) is 0.845. The van der Waals surface area contributed by atoms with Gasteiger partial charge in [0.1, 0.15) is 18.3 Å².